The lowest BCUT2D eigenvalue weighted by Gasteiger charge is -2.12. The Morgan fingerprint density at radius 2 is 2.07 bits per heavy atom. The van der Waals surface area contributed by atoms with Crippen LogP contribution in [0.4, 0.5) is 0 Å². The first-order valence-electron chi connectivity index (χ1n) is 5.47. The van der Waals surface area contributed by atoms with Gasteiger partial charge in [-0.05, 0) is 29.7 Å². The van der Waals surface area contributed by atoms with Gasteiger partial charge >= 0.3 is 0 Å². The molecular formula is C13H21NS. The van der Waals surface area contributed by atoms with Gasteiger partial charge in [0.05, 0.1) is 0 Å². The van der Waals surface area contributed by atoms with Crippen LogP contribution < -0.4 is 5.73 Å². The second-order valence-corrected chi connectivity index (χ2v) is 5.32. The maximum absolute atomic E-state index is 6.08. The van der Waals surface area contributed by atoms with Crippen molar-refractivity contribution in [1.82, 2.24) is 0 Å². The molecule has 0 radical (unpaired) electrons. The number of hydrogen-bond acceptors (Lipinski definition) is 2. The van der Waals surface area contributed by atoms with Crippen LogP contribution in [0.5, 0.6) is 0 Å². The fourth-order valence-electron chi connectivity index (χ4n) is 1.70. The Labute approximate surface area is 97.4 Å². The van der Waals surface area contributed by atoms with Gasteiger partial charge in [0.1, 0.15) is 0 Å². The molecule has 0 aliphatic carbocycles. The number of nitrogens with two attached hydrogens (primary N) is 1. The van der Waals surface area contributed by atoms with Gasteiger partial charge < -0.3 is 5.73 Å². The highest BCUT2D eigenvalue weighted by molar-refractivity contribution is 7.98. The summed E-state index contributed by atoms with van der Waals surface area (Å²) in [4.78, 5) is 0. The molecule has 1 aromatic rings. The maximum atomic E-state index is 6.08. The van der Waals surface area contributed by atoms with Crippen LogP contribution in [0, 0.1) is 5.92 Å². The van der Waals surface area contributed by atoms with Crippen LogP contribution in [0.3, 0.4) is 0 Å². The monoisotopic (exact) mass is 223 g/mol. The number of hydrogen-bond donors (Lipinski definition) is 1. The van der Waals surface area contributed by atoms with E-state index in [9.17, 15) is 0 Å². The molecule has 0 amide bonds. The Morgan fingerprint density at radius 3 is 2.67 bits per heavy atom. The van der Waals surface area contributed by atoms with Gasteiger partial charge in [-0.15, -0.1) is 0 Å². The van der Waals surface area contributed by atoms with E-state index in [-0.39, 0.29) is 6.04 Å². The zero-order valence-electron chi connectivity index (χ0n) is 9.86. The standard InChI is InChI=1S/C13H21NS/c1-10(2)7-11-5-4-6-12(8-11)13(14)9-15-3/h4-6,8,10,13H,7,9,14H2,1-3H3. The van der Waals surface area contributed by atoms with Gasteiger partial charge in [0.2, 0.25) is 0 Å². The van der Waals surface area contributed by atoms with Crippen LogP contribution in [-0.2, 0) is 6.42 Å². The van der Waals surface area contributed by atoms with Crippen LogP contribution in [0.25, 0.3) is 0 Å². The van der Waals surface area contributed by atoms with Gasteiger partial charge in [0, 0.05) is 11.8 Å². The molecule has 1 unspecified atom stereocenters. The normalized spacial score (nSPS) is 13.1. The van der Waals surface area contributed by atoms with Crippen molar-refractivity contribution in [1.29, 1.82) is 0 Å². The Morgan fingerprint density at radius 1 is 1.33 bits per heavy atom. The third kappa shape index (κ3) is 4.27. The summed E-state index contributed by atoms with van der Waals surface area (Å²) in [6.45, 7) is 4.49. The van der Waals surface area contributed by atoms with E-state index in [0.717, 1.165) is 12.2 Å². The summed E-state index contributed by atoms with van der Waals surface area (Å²) >= 11 is 1.80. The molecule has 2 N–H and O–H groups in total. The first-order valence-corrected chi connectivity index (χ1v) is 6.86. The molecule has 0 aliphatic heterocycles. The molecule has 0 bridgehead atoms. The molecule has 0 saturated carbocycles. The molecule has 0 saturated heterocycles. The van der Waals surface area contributed by atoms with Crippen molar-refractivity contribution in [3.05, 3.63) is 35.4 Å². The molecule has 1 nitrogen and oxygen atoms in total. The fraction of sp³-hybridized carbons (Fsp3) is 0.538. The minimum absolute atomic E-state index is 0.173. The van der Waals surface area contributed by atoms with E-state index < -0.39 is 0 Å². The number of benzene rings is 1. The van der Waals surface area contributed by atoms with Gasteiger partial charge in [-0.2, -0.15) is 11.8 Å². The highest BCUT2D eigenvalue weighted by atomic mass is 32.2. The molecule has 0 spiro atoms. The SMILES string of the molecule is CSCC(N)c1cccc(CC(C)C)c1. The molecule has 0 aromatic heterocycles. The first kappa shape index (κ1) is 12.6. The fourth-order valence-corrected chi connectivity index (χ4v) is 2.25. The summed E-state index contributed by atoms with van der Waals surface area (Å²) in [5.41, 5.74) is 8.75. The largest absolute Gasteiger partial charge is 0.323 e. The second-order valence-electron chi connectivity index (χ2n) is 4.40. The Kier molecular flexibility index (Phi) is 5.20. The summed E-state index contributed by atoms with van der Waals surface area (Å²) in [5.74, 6) is 1.70. The van der Waals surface area contributed by atoms with E-state index >= 15 is 0 Å². The summed E-state index contributed by atoms with van der Waals surface area (Å²) < 4.78 is 0. The summed E-state index contributed by atoms with van der Waals surface area (Å²) in [7, 11) is 0. The molecule has 1 atom stereocenters. The number of rotatable bonds is 5. The van der Waals surface area contributed by atoms with Crippen LogP contribution in [0.1, 0.15) is 31.0 Å². The lowest BCUT2D eigenvalue weighted by molar-refractivity contribution is 0.646. The average Bonchev–Trinajstić information content (AvgIpc) is 2.17. The molecule has 1 aromatic carbocycles. The van der Waals surface area contributed by atoms with Crippen molar-refractivity contribution < 1.29 is 0 Å². The highest BCUT2D eigenvalue weighted by Crippen LogP contribution is 2.17. The minimum atomic E-state index is 0.173. The zero-order chi connectivity index (χ0) is 11.3. The predicted octanol–water partition coefficient (Wildman–Crippen LogP) is 3.25. The van der Waals surface area contributed by atoms with Crippen molar-refractivity contribution >= 4 is 11.8 Å². The van der Waals surface area contributed by atoms with E-state index in [1.165, 1.54) is 11.1 Å². The Bertz CT molecular complexity index is 296. The first-order chi connectivity index (χ1) is 7.13. The molecule has 84 valence electrons. The quantitative estimate of drug-likeness (QED) is 0.829. The van der Waals surface area contributed by atoms with Gasteiger partial charge in [0.15, 0.2) is 0 Å². The minimum Gasteiger partial charge on any atom is -0.323 e. The van der Waals surface area contributed by atoms with Gasteiger partial charge in [-0.1, -0.05) is 38.1 Å². The lowest BCUT2D eigenvalue weighted by atomic mass is 9.99. The van der Waals surface area contributed by atoms with E-state index in [4.69, 9.17) is 5.73 Å². The van der Waals surface area contributed by atoms with Crippen molar-refractivity contribution in [3.8, 4) is 0 Å². The van der Waals surface area contributed by atoms with Gasteiger partial charge in [-0.25, -0.2) is 0 Å². The molecule has 0 aliphatic rings. The van der Waals surface area contributed by atoms with Crippen molar-refractivity contribution in [2.75, 3.05) is 12.0 Å². The van der Waals surface area contributed by atoms with Crippen molar-refractivity contribution in [2.24, 2.45) is 11.7 Å². The molecular weight excluding hydrogens is 202 g/mol. The molecule has 2 heteroatoms. The third-order valence-electron chi connectivity index (χ3n) is 2.37. The number of thioether (sulfide) groups is 1. The molecule has 15 heavy (non-hydrogen) atoms. The van der Waals surface area contributed by atoms with Crippen LogP contribution >= 0.6 is 11.8 Å². The highest BCUT2D eigenvalue weighted by Gasteiger charge is 2.06. The maximum Gasteiger partial charge on any atom is 0.0386 e. The zero-order valence-corrected chi connectivity index (χ0v) is 10.7. The lowest BCUT2D eigenvalue weighted by Crippen LogP contribution is -2.13. The van der Waals surface area contributed by atoms with E-state index in [1.807, 2.05) is 0 Å². The van der Waals surface area contributed by atoms with Crippen LogP contribution in [0.2, 0.25) is 0 Å². The van der Waals surface area contributed by atoms with E-state index in [2.05, 4.69) is 44.4 Å². The predicted molar refractivity (Wildman–Crippen MR) is 70.3 cm³/mol. The Balaban J connectivity index is 2.73. The second kappa shape index (κ2) is 6.19. The summed E-state index contributed by atoms with van der Waals surface area (Å²) in [6, 6.07) is 8.86. The molecule has 0 fully saturated rings. The summed E-state index contributed by atoms with van der Waals surface area (Å²) in [6.07, 6.45) is 3.23. The van der Waals surface area contributed by atoms with E-state index in [0.29, 0.717) is 5.92 Å². The van der Waals surface area contributed by atoms with Gasteiger partial charge in [0.25, 0.3) is 0 Å². The molecule has 1 rings (SSSR count). The summed E-state index contributed by atoms with van der Waals surface area (Å²) in [5, 5.41) is 0. The Hall–Kier alpha value is -0.470. The topological polar surface area (TPSA) is 26.0 Å². The average molecular weight is 223 g/mol. The smallest absolute Gasteiger partial charge is 0.0386 e. The van der Waals surface area contributed by atoms with Gasteiger partial charge in [-0.3, -0.25) is 0 Å². The van der Waals surface area contributed by atoms with Crippen LogP contribution in [-0.4, -0.2) is 12.0 Å². The third-order valence-corrected chi connectivity index (χ3v) is 3.06. The van der Waals surface area contributed by atoms with Crippen LogP contribution in [0.15, 0.2) is 24.3 Å². The van der Waals surface area contributed by atoms with E-state index in [1.54, 1.807) is 11.8 Å². The van der Waals surface area contributed by atoms with Crippen molar-refractivity contribution in [2.45, 2.75) is 26.3 Å². The molecule has 0 heterocycles. The van der Waals surface area contributed by atoms with Crippen molar-refractivity contribution in [3.63, 3.8) is 0 Å².